The predicted molar refractivity (Wildman–Crippen MR) is 54.1 cm³/mol. The van der Waals surface area contributed by atoms with Crippen LogP contribution in [-0.4, -0.2) is 5.60 Å². The predicted octanol–water partition coefficient (Wildman–Crippen LogP) is 3.18. The highest BCUT2D eigenvalue weighted by molar-refractivity contribution is 5.35. The van der Waals surface area contributed by atoms with Crippen LogP contribution in [0.25, 0.3) is 0 Å². The molecule has 0 aromatic heterocycles. The Morgan fingerprint density at radius 1 is 1.38 bits per heavy atom. The van der Waals surface area contributed by atoms with Gasteiger partial charge in [-0.3, -0.25) is 0 Å². The lowest BCUT2D eigenvalue weighted by Crippen LogP contribution is -2.35. The Balaban J connectivity index is 2.29. The normalized spacial score (nSPS) is 26.3. The first-order valence-electron chi connectivity index (χ1n) is 5.00. The summed E-state index contributed by atoms with van der Waals surface area (Å²) in [7, 11) is 0. The number of hydrogen-bond acceptors (Lipinski definition) is 1. The summed E-state index contributed by atoms with van der Waals surface area (Å²) >= 11 is 0. The van der Waals surface area contributed by atoms with E-state index in [9.17, 15) is 0 Å². The maximum absolute atomic E-state index is 5.97. The first-order valence-corrected chi connectivity index (χ1v) is 5.00. The number of aryl methyl sites for hydroxylation is 1. The molecule has 0 aliphatic carbocycles. The van der Waals surface area contributed by atoms with Crippen LogP contribution < -0.4 is 4.74 Å². The van der Waals surface area contributed by atoms with Crippen molar-refractivity contribution in [2.45, 2.75) is 38.7 Å². The summed E-state index contributed by atoms with van der Waals surface area (Å²) in [5.74, 6) is 1.08. The molecule has 1 heteroatoms. The van der Waals surface area contributed by atoms with E-state index in [2.05, 4.69) is 32.0 Å². The molecule has 2 rings (SSSR count). The van der Waals surface area contributed by atoms with Crippen LogP contribution in [0.4, 0.5) is 0 Å². The Morgan fingerprint density at radius 2 is 2.15 bits per heavy atom. The minimum absolute atomic E-state index is 0.0638. The van der Waals surface area contributed by atoms with Gasteiger partial charge >= 0.3 is 0 Å². The summed E-state index contributed by atoms with van der Waals surface area (Å²) < 4.78 is 5.97. The zero-order valence-electron chi connectivity index (χ0n) is 8.34. The van der Waals surface area contributed by atoms with Gasteiger partial charge in [-0.15, -0.1) is 0 Å². The van der Waals surface area contributed by atoms with E-state index >= 15 is 0 Å². The second-order valence-electron chi connectivity index (χ2n) is 4.01. The Labute approximate surface area is 79.7 Å². The van der Waals surface area contributed by atoms with E-state index in [0.29, 0.717) is 0 Å². The first kappa shape index (κ1) is 8.61. The van der Waals surface area contributed by atoms with Crippen molar-refractivity contribution in [3.05, 3.63) is 29.8 Å². The van der Waals surface area contributed by atoms with E-state index in [0.717, 1.165) is 25.0 Å². The number of hydrogen-bond donors (Lipinski definition) is 0. The molecule has 0 spiro atoms. The molecule has 1 heterocycles. The lowest BCUT2D eigenvalue weighted by atomic mass is 9.91. The van der Waals surface area contributed by atoms with E-state index in [-0.39, 0.29) is 5.60 Å². The van der Waals surface area contributed by atoms with Gasteiger partial charge < -0.3 is 4.74 Å². The van der Waals surface area contributed by atoms with E-state index in [1.54, 1.807) is 0 Å². The molecule has 0 saturated heterocycles. The van der Waals surface area contributed by atoms with Gasteiger partial charge in [0.25, 0.3) is 0 Å². The quantitative estimate of drug-likeness (QED) is 0.638. The first-order chi connectivity index (χ1) is 6.23. The largest absolute Gasteiger partial charge is 0.487 e. The average molecular weight is 176 g/mol. The minimum atomic E-state index is 0.0638. The van der Waals surface area contributed by atoms with Crippen molar-refractivity contribution in [1.82, 2.24) is 0 Å². The van der Waals surface area contributed by atoms with Gasteiger partial charge in [-0.2, -0.15) is 0 Å². The van der Waals surface area contributed by atoms with Gasteiger partial charge in [0.05, 0.1) is 0 Å². The third-order valence-corrected chi connectivity index (χ3v) is 3.00. The van der Waals surface area contributed by atoms with Gasteiger partial charge in [0.2, 0.25) is 0 Å². The zero-order chi connectivity index (χ0) is 9.31. The van der Waals surface area contributed by atoms with Crippen LogP contribution in [0, 0.1) is 0 Å². The van der Waals surface area contributed by atoms with Gasteiger partial charge in [0, 0.05) is 0 Å². The molecule has 13 heavy (non-hydrogen) atoms. The summed E-state index contributed by atoms with van der Waals surface area (Å²) in [4.78, 5) is 0. The van der Waals surface area contributed by atoms with Crippen molar-refractivity contribution >= 4 is 0 Å². The molecule has 0 saturated carbocycles. The van der Waals surface area contributed by atoms with Crippen molar-refractivity contribution < 1.29 is 4.74 Å². The maximum Gasteiger partial charge on any atom is 0.123 e. The number of benzene rings is 1. The second-order valence-corrected chi connectivity index (χ2v) is 4.01. The van der Waals surface area contributed by atoms with Crippen LogP contribution in [0.5, 0.6) is 5.75 Å². The highest BCUT2D eigenvalue weighted by Gasteiger charge is 2.28. The molecule has 0 N–H and O–H groups in total. The Hall–Kier alpha value is -0.980. The number of rotatable bonds is 1. The molecule has 0 radical (unpaired) electrons. The zero-order valence-corrected chi connectivity index (χ0v) is 8.34. The highest BCUT2D eigenvalue weighted by atomic mass is 16.5. The van der Waals surface area contributed by atoms with Crippen molar-refractivity contribution in [1.29, 1.82) is 0 Å². The van der Waals surface area contributed by atoms with Crippen LogP contribution in [0.2, 0.25) is 0 Å². The van der Waals surface area contributed by atoms with Crippen LogP contribution >= 0.6 is 0 Å². The average Bonchev–Trinajstić information content (AvgIpc) is 2.18. The smallest absolute Gasteiger partial charge is 0.123 e. The summed E-state index contributed by atoms with van der Waals surface area (Å²) in [5, 5.41) is 0. The maximum atomic E-state index is 5.97. The molecular formula is C12H16O. The van der Waals surface area contributed by atoms with Crippen LogP contribution in [0.3, 0.4) is 0 Å². The third-order valence-electron chi connectivity index (χ3n) is 3.00. The summed E-state index contributed by atoms with van der Waals surface area (Å²) in [6.45, 7) is 4.39. The Bertz CT molecular complexity index is 306. The monoisotopic (exact) mass is 176 g/mol. The van der Waals surface area contributed by atoms with Gasteiger partial charge in [0.1, 0.15) is 11.4 Å². The van der Waals surface area contributed by atoms with Crippen LogP contribution in [0.1, 0.15) is 32.3 Å². The van der Waals surface area contributed by atoms with Crippen molar-refractivity contribution in [3.63, 3.8) is 0 Å². The van der Waals surface area contributed by atoms with Gasteiger partial charge in [-0.1, -0.05) is 25.1 Å². The Kier molecular flexibility index (Phi) is 2.03. The molecule has 1 atom stereocenters. The molecular weight excluding hydrogens is 160 g/mol. The number of fused-ring (bicyclic) bond motifs is 1. The van der Waals surface area contributed by atoms with Crippen LogP contribution in [0.15, 0.2) is 24.3 Å². The SMILES string of the molecule is CCC1(C)CCc2ccccc2O1. The summed E-state index contributed by atoms with van der Waals surface area (Å²) in [5.41, 5.74) is 1.42. The minimum Gasteiger partial charge on any atom is -0.487 e. The molecule has 0 amide bonds. The molecule has 0 fully saturated rings. The van der Waals surface area contributed by atoms with E-state index in [1.165, 1.54) is 5.56 Å². The molecule has 1 unspecified atom stereocenters. The van der Waals surface area contributed by atoms with Crippen molar-refractivity contribution in [2.24, 2.45) is 0 Å². The van der Waals surface area contributed by atoms with Gasteiger partial charge in [-0.25, -0.2) is 0 Å². The highest BCUT2D eigenvalue weighted by Crippen LogP contribution is 2.34. The molecule has 1 aliphatic heterocycles. The molecule has 1 aromatic carbocycles. The van der Waals surface area contributed by atoms with Gasteiger partial charge in [0.15, 0.2) is 0 Å². The Morgan fingerprint density at radius 3 is 2.92 bits per heavy atom. The van der Waals surface area contributed by atoms with E-state index in [4.69, 9.17) is 4.74 Å². The summed E-state index contributed by atoms with van der Waals surface area (Å²) in [6.07, 6.45) is 3.38. The molecule has 1 aliphatic rings. The van der Waals surface area contributed by atoms with Crippen molar-refractivity contribution in [2.75, 3.05) is 0 Å². The van der Waals surface area contributed by atoms with Gasteiger partial charge in [-0.05, 0) is 37.8 Å². The van der Waals surface area contributed by atoms with E-state index in [1.807, 2.05) is 6.07 Å². The van der Waals surface area contributed by atoms with Crippen molar-refractivity contribution in [3.8, 4) is 5.75 Å². The second kappa shape index (κ2) is 3.06. The molecule has 70 valence electrons. The fourth-order valence-electron chi connectivity index (χ4n) is 1.77. The molecule has 1 aromatic rings. The molecule has 0 bridgehead atoms. The summed E-state index contributed by atoms with van der Waals surface area (Å²) in [6, 6.07) is 8.35. The van der Waals surface area contributed by atoms with Crippen LogP contribution in [-0.2, 0) is 6.42 Å². The lowest BCUT2D eigenvalue weighted by molar-refractivity contribution is 0.0612. The number of ether oxygens (including phenoxy) is 1. The molecule has 1 nitrogen and oxygen atoms in total. The standard InChI is InChI=1S/C12H16O/c1-3-12(2)9-8-10-6-4-5-7-11(10)13-12/h4-7H,3,8-9H2,1-2H3. The fraction of sp³-hybridized carbons (Fsp3) is 0.500. The topological polar surface area (TPSA) is 9.23 Å². The van der Waals surface area contributed by atoms with E-state index < -0.39 is 0 Å². The third kappa shape index (κ3) is 1.55. The lowest BCUT2D eigenvalue weighted by Gasteiger charge is -2.34. The fourth-order valence-corrected chi connectivity index (χ4v) is 1.77. The number of para-hydroxylation sites is 1.